The molecule has 0 aliphatic carbocycles. The molecular formula is C11H19N5O4. The number of carbonyl (C=O) groups is 1. The first-order valence-corrected chi connectivity index (χ1v) is 6.03. The quantitative estimate of drug-likeness (QED) is 0.476. The van der Waals surface area contributed by atoms with Crippen LogP contribution in [-0.2, 0) is 16.1 Å². The van der Waals surface area contributed by atoms with Gasteiger partial charge in [0.25, 0.3) is 5.56 Å². The van der Waals surface area contributed by atoms with Gasteiger partial charge in [-0.2, -0.15) is 0 Å². The van der Waals surface area contributed by atoms with Crippen molar-refractivity contribution < 1.29 is 9.53 Å². The summed E-state index contributed by atoms with van der Waals surface area (Å²) in [5, 5.41) is 2.78. The Labute approximate surface area is 114 Å². The van der Waals surface area contributed by atoms with E-state index in [1.165, 1.54) is 11.7 Å². The van der Waals surface area contributed by atoms with Crippen LogP contribution in [0.15, 0.2) is 9.59 Å². The molecule has 1 aromatic heterocycles. The minimum absolute atomic E-state index is 0.00730. The summed E-state index contributed by atoms with van der Waals surface area (Å²) < 4.78 is 6.06. The van der Waals surface area contributed by atoms with Crippen LogP contribution in [0.2, 0.25) is 0 Å². The molecule has 0 fully saturated rings. The van der Waals surface area contributed by atoms with E-state index in [-0.39, 0.29) is 37.1 Å². The molecule has 1 atom stereocenters. The fraction of sp³-hybridized carbons (Fsp3) is 0.545. The third-order valence-electron chi connectivity index (χ3n) is 2.66. The molecule has 0 spiro atoms. The van der Waals surface area contributed by atoms with E-state index in [0.717, 1.165) is 0 Å². The number of primary amides is 1. The molecular weight excluding hydrogens is 266 g/mol. The van der Waals surface area contributed by atoms with E-state index in [1.54, 1.807) is 6.92 Å². The second kappa shape index (κ2) is 6.75. The number of nitrogens with one attached hydrogen (secondary N) is 2. The highest BCUT2D eigenvalue weighted by molar-refractivity contribution is 5.75. The summed E-state index contributed by atoms with van der Waals surface area (Å²) in [5.74, 6) is -0.514. The molecule has 0 saturated carbocycles. The number of nitrogens with two attached hydrogens (primary N) is 2. The third kappa shape index (κ3) is 3.85. The largest absolute Gasteiger partial charge is 0.383 e. The molecule has 0 bridgehead atoms. The van der Waals surface area contributed by atoms with Crippen molar-refractivity contribution in [1.29, 1.82) is 0 Å². The van der Waals surface area contributed by atoms with Crippen LogP contribution in [-0.4, -0.2) is 35.2 Å². The van der Waals surface area contributed by atoms with E-state index < -0.39 is 17.2 Å². The molecule has 9 heteroatoms. The Morgan fingerprint density at radius 1 is 1.50 bits per heavy atom. The number of carbonyl (C=O) groups excluding carboxylic acids is 1. The number of aromatic nitrogens is 2. The van der Waals surface area contributed by atoms with Crippen LogP contribution in [0.1, 0.15) is 13.3 Å². The first-order valence-electron chi connectivity index (χ1n) is 6.03. The number of ether oxygens (including phenoxy) is 1. The van der Waals surface area contributed by atoms with Crippen LogP contribution in [0, 0.1) is 0 Å². The van der Waals surface area contributed by atoms with Crippen LogP contribution < -0.4 is 28.0 Å². The molecule has 9 nitrogen and oxygen atoms in total. The van der Waals surface area contributed by atoms with Crippen molar-refractivity contribution in [3.63, 3.8) is 0 Å². The van der Waals surface area contributed by atoms with Gasteiger partial charge in [-0.3, -0.25) is 19.1 Å². The van der Waals surface area contributed by atoms with Crippen molar-refractivity contribution in [1.82, 2.24) is 9.55 Å². The van der Waals surface area contributed by atoms with Crippen LogP contribution >= 0.6 is 0 Å². The Bertz CT molecular complexity index is 591. The predicted molar refractivity (Wildman–Crippen MR) is 74.5 cm³/mol. The summed E-state index contributed by atoms with van der Waals surface area (Å²) in [6.45, 7) is 2.15. The molecule has 0 saturated heterocycles. The lowest BCUT2D eigenvalue weighted by molar-refractivity contribution is -0.118. The van der Waals surface area contributed by atoms with Gasteiger partial charge in [-0.25, -0.2) is 4.79 Å². The number of nitrogen functional groups attached to an aromatic ring is 1. The van der Waals surface area contributed by atoms with E-state index in [9.17, 15) is 14.4 Å². The van der Waals surface area contributed by atoms with E-state index in [0.29, 0.717) is 0 Å². The lowest BCUT2D eigenvalue weighted by atomic mass is 10.2. The lowest BCUT2D eigenvalue weighted by Crippen LogP contribution is -2.36. The van der Waals surface area contributed by atoms with Gasteiger partial charge in [-0.1, -0.05) is 0 Å². The van der Waals surface area contributed by atoms with Crippen molar-refractivity contribution in [2.24, 2.45) is 5.73 Å². The Morgan fingerprint density at radius 3 is 2.70 bits per heavy atom. The average molecular weight is 285 g/mol. The number of anilines is 2. The van der Waals surface area contributed by atoms with E-state index >= 15 is 0 Å². The Kier molecular flexibility index (Phi) is 5.32. The van der Waals surface area contributed by atoms with Crippen molar-refractivity contribution in [3.05, 3.63) is 20.8 Å². The average Bonchev–Trinajstić information content (AvgIpc) is 2.33. The van der Waals surface area contributed by atoms with Gasteiger partial charge < -0.3 is 21.5 Å². The minimum atomic E-state index is -0.641. The summed E-state index contributed by atoms with van der Waals surface area (Å²) >= 11 is 0. The normalized spacial score (nSPS) is 12.1. The molecule has 1 heterocycles. The van der Waals surface area contributed by atoms with Gasteiger partial charge in [0.15, 0.2) is 0 Å². The van der Waals surface area contributed by atoms with E-state index in [2.05, 4.69) is 10.3 Å². The van der Waals surface area contributed by atoms with Gasteiger partial charge in [0, 0.05) is 19.6 Å². The van der Waals surface area contributed by atoms with Gasteiger partial charge in [0.2, 0.25) is 5.91 Å². The summed E-state index contributed by atoms with van der Waals surface area (Å²) in [7, 11) is 1.49. The molecule has 1 amide bonds. The van der Waals surface area contributed by atoms with Gasteiger partial charge in [-0.15, -0.1) is 0 Å². The standard InChI is InChI=1S/C11H19N5O4/c1-6(5-7(12)17)14-8-9(13)16(3-4-20-2)11(19)15-10(8)18/h6,14H,3-5,13H2,1-2H3,(H2,12,17)(H,15,18,19). The molecule has 1 unspecified atom stereocenters. The molecule has 0 radical (unpaired) electrons. The van der Waals surface area contributed by atoms with Crippen LogP contribution in [0.5, 0.6) is 0 Å². The lowest BCUT2D eigenvalue weighted by Gasteiger charge is -2.17. The second-order valence-corrected chi connectivity index (χ2v) is 4.38. The Hall–Kier alpha value is -2.29. The number of aromatic amines is 1. The molecule has 0 aliphatic rings. The maximum Gasteiger partial charge on any atom is 0.330 e. The van der Waals surface area contributed by atoms with Gasteiger partial charge in [-0.05, 0) is 6.92 Å². The molecule has 112 valence electrons. The first kappa shape index (κ1) is 15.8. The Morgan fingerprint density at radius 2 is 2.15 bits per heavy atom. The monoisotopic (exact) mass is 285 g/mol. The summed E-state index contributed by atoms with van der Waals surface area (Å²) in [5.41, 5.74) is 9.67. The van der Waals surface area contributed by atoms with Gasteiger partial charge in [0.1, 0.15) is 11.5 Å². The first-order chi connectivity index (χ1) is 9.36. The van der Waals surface area contributed by atoms with Crippen LogP contribution in [0.25, 0.3) is 0 Å². The summed E-state index contributed by atoms with van der Waals surface area (Å²) in [6, 6.07) is -0.385. The van der Waals surface area contributed by atoms with Crippen LogP contribution in [0.3, 0.4) is 0 Å². The number of amides is 1. The zero-order valence-electron chi connectivity index (χ0n) is 11.4. The third-order valence-corrected chi connectivity index (χ3v) is 2.66. The molecule has 1 rings (SSSR count). The predicted octanol–water partition coefficient (Wildman–Crippen LogP) is -1.56. The molecule has 0 aromatic carbocycles. The maximum atomic E-state index is 11.7. The van der Waals surface area contributed by atoms with Crippen LogP contribution in [0.4, 0.5) is 11.5 Å². The fourth-order valence-electron chi connectivity index (χ4n) is 1.73. The smallest absolute Gasteiger partial charge is 0.330 e. The zero-order valence-corrected chi connectivity index (χ0v) is 11.4. The van der Waals surface area contributed by atoms with Crippen molar-refractivity contribution in [2.75, 3.05) is 24.8 Å². The van der Waals surface area contributed by atoms with Crippen molar-refractivity contribution in [2.45, 2.75) is 25.9 Å². The fourth-order valence-corrected chi connectivity index (χ4v) is 1.73. The molecule has 6 N–H and O–H groups in total. The summed E-state index contributed by atoms with van der Waals surface area (Å²) in [6.07, 6.45) is 0.0378. The highest BCUT2D eigenvalue weighted by Crippen LogP contribution is 2.12. The zero-order chi connectivity index (χ0) is 15.3. The van der Waals surface area contributed by atoms with Gasteiger partial charge >= 0.3 is 5.69 Å². The molecule has 20 heavy (non-hydrogen) atoms. The van der Waals surface area contributed by atoms with Crippen molar-refractivity contribution >= 4 is 17.4 Å². The SMILES string of the molecule is COCCn1c(N)c(NC(C)CC(N)=O)c(=O)[nH]c1=O. The number of rotatable bonds is 7. The molecule has 0 aliphatic heterocycles. The highest BCUT2D eigenvalue weighted by Gasteiger charge is 2.15. The minimum Gasteiger partial charge on any atom is -0.383 e. The highest BCUT2D eigenvalue weighted by atomic mass is 16.5. The van der Waals surface area contributed by atoms with E-state index in [4.69, 9.17) is 16.2 Å². The number of hydrogen-bond donors (Lipinski definition) is 4. The second-order valence-electron chi connectivity index (χ2n) is 4.38. The number of methoxy groups -OCH3 is 1. The molecule has 1 aromatic rings. The number of H-pyrrole nitrogens is 1. The maximum absolute atomic E-state index is 11.7. The number of nitrogens with zero attached hydrogens (tertiary/aromatic N) is 1. The Balaban J connectivity index is 3.10. The van der Waals surface area contributed by atoms with Gasteiger partial charge in [0.05, 0.1) is 13.2 Å². The van der Waals surface area contributed by atoms with Crippen molar-refractivity contribution in [3.8, 4) is 0 Å². The topological polar surface area (TPSA) is 145 Å². The number of hydrogen-bond acceptors (Lipinski definition) is 6. The summed E-state index contributed by atoms with van der Waals surface area (Å²) in [4.78, 5) is 36.4. The van der Waals surface area contributed by atoms with E-state index in [1.807, 2.05) is 0 Å².